The summed E-state index contributed by atoms with van der Waals surface area (Å²) in [5, 5.41) is 3.52. The standard InChI is InChI=1S/C16H26N2/c1-11-8-13(3)14(9-12(11)2)15(18-4)16(10-17)6-5-7-16/h8-9,15,18H,5-7,10,17H2,1-4H3. The highest BCUT2D eigenvalue weighted by Crippen LogP contribution is 2.50. The lowest BCUT2D eigenvalue weighted by Gasteiger charge is -2.48. The van der Waals surface area contributed by atoms with Crippen molar-refractivity contribution in [3.8, 4) is 0 Å². The zero-order valence-corrected chi connectivity index (χ0v) is 12.1. The molecule has 0 radical (unpaired) electrons. The first-order valence-electron chi connectivity index (χ1n) is 6.99. The fourth-order valence-corrected chi connectivity index (χ4v) is 3.33. The first kappa shape index (κ1) is 13.6. The Bertz CT molecular complexity index is 427. The maximum absolute atomic E-state index is 6.06. The van der Waals surface area contributed by atoms with Gasteiger partial charge in [-0.2, -0.15) is 0 Å². The topological polar surface area (TPSA) is 38.0 Å². The van der Waals surface area contributed by atoms with E-state index in [1.54, 1.807) is 0 Å². The first-order chi connectivity index (χ1) is 8.54. The lowest BCUT2D eigenvalue weighted by Crippen LogP contribution is -2.47. The summed E-state index contributed by atoms with van der Waals surface area (Å²) in [6.07, 6.45) is 3.82. The van der Waals surface area contributed by atoms with Crippen LogP contribution in [0.25, 0.3) is 0 Å². The van der Waals surface area contributed by atoms with Crippen LogP contribution in [0.1, 0.15) is 47.6 Å². The van der Waals surface area contributed by atoms with Crippen molar-refractivity contribution in [2.75, 3.05) is 13.6 Å². The molecule has 2 rings (SSSR count). The van der Waals surface area contributed by atoms with Gasteiger partial charge in [0.15, 0.2) is 0 Å². The van der Waals surface area contributed by atoms with Crippen LogP contribution in [-0.2, 0) is 0 Å². The number of nitrogens with one attached hydrogen (secondary N) is 1. The Kier molecular flexibility index (Phi) is 3.79. The van der Waals surface area contributed by atoms with Crippen molar-refractivity contribution in [2.45, 2.75) is 46.1 Å². The van der Waals surface area contributed by atoms with Gasteiger partial charge in [-0.15, -0.1) is 0 Å². The molecule has 1 aromatic carbocycles. The van der Waals surface area contributed by atoms with Gasteiger partial charge in [0.1, 0.15) is 0 Å². The van der Waals surface area contributed by atoms with E-state index in [0.717, 1.165) is 6.54 Å². The van der Waals surface area contributed by atoms with Crippen LogP contribution in [0.15, 0.2) is 12.1 Å². The highest BCUT2D eigenvalue weighted by atomic mass is 14.9. The van der Waals surface area contributed by atoms with Gasteiger partial charge in [-0.25, -0.2) is 0 Å². The van der Waals surface area contributed by atoms with Crippen LogP contribution in [0.3, 0.4) is 0 Å². The third-order valence-electron chi connectivity index (χ3n) is 4.85. The number of rotatable bonds is 4. The van der Waals surface area contributed by atoms with E-state index in [1.807, 2.05) is 0 Å². The molecule has 0 heterocycles. The highest BCUT2D eigenvalue weighted by Gasteiger charge is 2.43. The van der Waals surface area contributed by atoms with E-state index in [1.165, 1.54) is 41.5 Å². The monoisotopic (exact) mass is 246 g/mol. The van der Waals surface area contributed by atoms with Gasteiger partial charge in [0.2, 0.25) is 0 Å². The summed E-state index contributed by atoms with van der Waals surface area (Å²) in [7, 11) is 2.06. The average Bonchev–Trinajstić information content (AvgIpc) is 2.29. The summed E-state index contributed by atoms with van der Waals surface area (Å²) in [5.41, 5.74) is 11.9. The largest absolute Gasteiger partial charge is 0.330 e. The summed E-state index contributed by atoms with van der Waals surface area (Å²) in [6.45, 7) is 7.38. The molecule has 100 valence electrons. The summed E-state index contributed by atoms with van der Waals surface area (Å²) in [6, 6.07) is 5.05. The lowest BCUT2D eigenvalue weighted by molar-refractivity contribution is 0.0876. The van der Waals surface area contributed by atoms with Gasteiger partial charge in [-0.1, -0.05) is 18.6 Å². The number of benzene rings is 1. The van der Waals surface area contributed by atoms with Crippen LogP contribution in [0.4, 0.5) is 0 Å². The zero-order valence-electron chi connectivity index (χ0n) is 12.1. The zero-order chi connectivity index (χ0) is 13.3. The molecule has 1 aliphatic carbocycles. The van der Waals surface area contributed by atoms with Gasteiger partial charge in [0.05, 0.1) is 0 Å². The SMILES string of the molecule is CNC(c1cc(C)c(C)cc1C)C1(CN)CCC1. The Morgan fingerprint density at radius 2 is 1.78 bits per heavy atom. The molecule has 0 aromatic heterocycles. The fraction of sp³-hybridized carbons (Fsp3) is 0.625. The number of nitrogens with two attached hydrogens (primary N) is 1. The van der Waals surface area contributed by atoms with Gasteiger partial charge in [0, 0.05) is 11.5 Å². The van der Waals surface area contributed by atoms with Gasteiger partial charge in [-0.3, -0.25) is 0 Å². The second kappa shape index (κ2) is 5.02. The van der Waals surface area contributed by atoms with E-state index < -0.39 is 0 Å². The number of aryl methyl sites for hydroxylation is 3. The lowest BCUT2D eigenvalue weighted by atomic mass is 9.62. The van der Waals surface area contributed by atoms with E-state index in [0.29, 0.717) is 6.04 Å². The molecule has 1 unspecified atom stereocenters. The quantitative estimate of drug-likeness (QED) is 0.857. The Morgan fingerprint density at radius 1 is 1.17 bits per heavy atom. The summed E-state index contributed by atoms with van der Waals surface area (Å²) in [5.74, 6) is 0. The maximum Gasteiger partial charge on any atom is 0.0389 e. The van der Waals surface area contributed by atoms with E-state index in [-0.39, 0.29) is 5.41 Å². The molecule has 0 spiro atoms. The van der Waals surface area contributed by atoms with Crippen LogP contribution < -0.4 is 11.1 Å². The molecule has 18 heavy (non-hydrogen) atoms. The summed E-state index contributed by atoms with van der Waals surface area (Å²) >= 11 is 0. The van der Waals surface area contributed by atoms with E-state index in [2.05, 4.69) is 45.3 Å². The Labute approximate surface area is 111 Å². The number of hydrogen-bond donors (Lipinski definition) is 2. The smallest absolute Gasteiger partial charge is 0.0389 e. The molecule has 0 amide bonds. The van der Waals surface area contributed by atoms with Gasteiger partial charge >= 0.3 is 0 Å². The van der Waals surface area contributed by atoms with Crippen molar-refractivity contribution in [1.29, 1.82) is 0 Å². The molecule has 1 atom stereocenters. The minimum Gasteiger partial charge on any atom is -0.330 e. The van der Waals surface area contributed by atoms with Crippen LogP contribution in [-0.4, -0.2) is 13.6 Å². The molecule has 2 nitrogen and oxygen atoms in total. The average molecular weight is 246 g/mol. The van der Waals surface area contributed by atoms with Crippen molar-refractivity contribution in [2.24, 2.45) is 11.1 Å². The first-order valence-corrected chi connectivity index (χ1v) is 6.99. The third kappa shape index (κ3) is 2.08. The molecule has 1 aromatic rings. The normalized spacial score (nSPS) is 19.4. The molecule has 1 fully saturated rings. The maximum atomic E-state index is 6.06. The summed E-state index contributed by atoms with van der Waals surface area (Å²) in [4.78, 5) is 0. The Hall–Kier alpha value is -0.860. The second-order valence-electron chi connectivity index (χ2n) is 5.93. The predicted octanol–water partition coefficient (Wildman–Crippen LogP) is 3.00. The minimum absolute atomic E-state index is 0.279. The van der Waals surface area contributed by atoms with E-state index in [4.69, 9.17) is 5.73 Å². The molecule has 2 heteroatoms. The van der Waals surface area contributed by atoms with Crippen molar-refractivity contribution < 1.29 is 0 Å². The molecule has 0 aliphatic heterocycles. The second-order valence-corrected chi connectivity index (χ2v) is 5.93. The molecule has 0 bridgehead atoms. The van der Waals surface area contributed by atoms with Crippen LogP contribution in [0.2, 0.25) is 0 Å². The molecule has 1 saturated carbocycles. The summed E-state index contributed by atoms with van der Waals surface area (Å²) < 4.78 is 0. The van der Waals surface area contributed by atoms with Crippen LogP contribution in [0, 0.1) is 26.2 Å². The molecule has 3 N–H and O–H groups in total. The van der Waals surface area contributed by atoms with E-state index >= 15 is 0 Å². The van der Waals surface area contributed by atoms with Crippen molar-refractivity contribution in [1.82, 2.24) is 5.32 Å². The highest BCUT2D eigenvalue weighted by molar-refractivity contribution is 5.39. The fourth-order valence-electron chi connectivity index (χ4n) is 3.33. The number of hydrogen-bond acceptors (Lipinski definition) is 2. The molecular formula is C16H26N2. The molecular weight excluding hydrogens is 220 g/mol. The van der Waals surface area contributed by atoms with Gasteiger partial charge in [0.25, 0.3) is 0 Å². The predicted molar refractivity (Wildman–Crippen MR) is 77.8 cm³/mol. The Balaban J connectivity index is 2.42. The Morgan fingerprint density at radius 3 is 2.22 bits per heavy atom. The minimum atomic E-state index is 0.279. The van der Waals surface area contributed by atoms with Crippen molar-refractivity contribution >= 4 is 0 Å². The third-order valence-corrected chi connectivity index (χ3v) is 4.85. The molecule has 1 aliphatic rings. The van der Waals surface area contributed by atoms with Crippen LogP contribution >= 0.6 is 0 Å². The van der Waals surface area contributed by atoms with Gasteiger partial charge < -0.3 is 11.1 Å². The molecule has 0 saturated heterocycles. The van der Waals surface area contributed by atoms with Gasteiger partial charge in [-0.05, 0) is 69.5 Å². The van der Waals surface area contributed by atoms with E-state index in [9.17, 15) is 0 Å². The van der Waals surface area contributed by atoms with Crippen molar-refractivity contribution in [3.05, 3.63) is 34.4 Å². The van der Waals surface area contributed by atoms with Crippen LogP contribution in [0.5, 0.6) is 0 Å². The van der Waals surface area contributed by atoms with Crippen molar-refractivity contribution in [3.63, 3.8) is 0 Å².